The van der Waals surface area contributed by atoms with Gasteiger partial charge in [0.05, 0.1) is 12.7 Å². The van der Waals surface area contributed by atoms with Crippen LogP contribution in [-0.4, -0.2) is 49.3 Å². The fourth-order valence-electron chi connectivity index (χ4n) is 1.50. The number of epoxide rings is 1. The monoisotopic (exact) mass is 229 g/mol. The average Bonchev–Trinajstić information content (AvgIpc) is 2.84. The second-order valence-corrected chi connectivity index (χ2v) is 5.41. The predicted molar refractivity (Wildman–Crippen MR) is 62.3 cm³/mol. The molecule has 0 aromatic heterocycles. The van der Waals surface area contributed by atoms with Gasteiger partial charge in [-0.05, 0) is 40.8 Å². The number of esters is 1. The van der Waals surface area contributed by atoms with Gasteiger partial charge in [-0.3, -0.25) is 4.79 Å². The third-order valence-electron chi connectivity index (χ3n) is 2.26. The zero-order valence-corrected chi connectivity index (χ0v) is 10.8. The molecule has 1 atom stereocenters. The number of hydrogen-bond acceptors (Lipinski definition) is 4. The van der Waals surface area contributed by atoms with Crippen LogP contribution in [0.25, 0.3) is 0 Å². The van der Waals surface area contributed by atoms with Crippen LogP contribution in [0.5, 0.6) is 0 Å². The predicted octanol–water partition coefficient (Wildman–Crippen LogP) is 1.44. The van der Waals surface area contributed by atoms with E-state index in [1.54, 1.807) is 0 Å². The van der Waals surface area contributed by atoms with Gasteiger partial charge >= 0.3 is 5.97 Å². The van der Waals surface area contributed by atoms with E-state index < -0.39 is 0 Å². The maximum Gasteiger partial charge on any atom is 0.306 e. The Morgan fingerprint density at radius 3 is 2.62 bits per heavy atom. The molecule has 0 N–H and O–H groups in total. The van der Waals surface area contributed by atoms with Gasteiger partial charge in [-0.2, -0.15) is 0 Å². The highest BCUT2D eigenvalue weighted by Gasteiger charge is 2.23. The van der Waals surface area contributed by atoms with Crippen LogP contribution < -0.4 is 0 Å². The molecule has 0 aliphatic carbocycles. The summed E-state index contributed by atoms with van der Waals surface area (Å²) in [7, 11) is 2.05. The summed E-state index contributed by atoms with van der Waals surface area (Å²) >= 11 is 0. The Bertz CT molecular complexity index is 231. The number of ether oxygens (including phenoxy) is 2. The minimum atomic E-state index is -0.370. The van der Waals surface area contributed by atoms with Gasteiger partial charge in [0.1, 0.15) is 5.60 Å². The second-order valence-electron chi connectivity index (χ2n) is 5.41. The van der Waals surface area contributed by atoms with Crippen molar-refractivity contribution in [1.82, 2.24) is 4.90 Å². The topological polar surface area (TPSA) is 42.1 Å². The summed E-state index contributed by atoms with van der Waals surface area (Å²) in [6, 6.07) is 0. The van der Waals surface area contributed by atoms with E-state index in [0.717, 1.165) is 26.1 Å². The van der Waals surface area contributed by atoms with Crippen molar-refractivity contribution in [2.24, 2.45) is 0 Å². The van der Waals surface area contributed by atoms with E-state index >= 15 is 0 Å². The van der Waals surface area contributed by atoms with Gasteiger partial charge in [0.25, 0.3) is 0 Å². The number of carbonyl (C=O) groups is 1. The fourth-order valence-corrected chi connectivity index (χ4v) is 1.50. The van der Waals surface area contributed by atoms with Gasteiger partial charge in [0.15, 0.2) is 0 Å². The summed E-state index contributed by atoms with van der Waals surface area (Å²) in [6.45, 7) is 8.44. The first-order valence-corrected chi connectivity index (χ1v) is 5.89. The standard InChI is InChI=1S/C12H23NO3/c1-12(2,3)16-11(14)6-5-7-13(4)8-10-9-15-10/h10H,5-9H2,1-4H3/t10-/m0/s1. The minimum Gasteiger partial charge on any atom is -0.460 e. The molecule has 0 unspecified atom stereocenters. The molecule has 0 bridgehead atoms. The molecule has 1 fully saturated rings. The molecule has 0 spiro atoms. The Hall–Kier alpha value is -0.610. The molecule has 16 heavy (non-hydrogen) atoms. The largest absolute Gasteiger partial charge is 0.460 e. The highest BCUT2D eigenvalue weighted by molar-refractivity contribution is 5.69. The lowest BCUT2D eigenvalue weighted by atomic mass is 10.2. The molecular formula is C12H23NO3. The quantitative estimate of drug-likeness (QED) is 0.510. The summed E-state index contributed by atoms with van der Waals surface area (Å²) in [4.78, 5) is 13.6. The first-order chi connectivity index (χ1) is 7.37. The molecule has 1 rings (SSSR count). The molecule has 94 valence electrons. The highest BCUT2D eigenvalue weighted by atomic mass is 16.6. The van der Waals surface area contributed by atoms with Crippen LogP contribution in [0.1, 0.15) is 33.6 Å². The van der Waals surface area contributed by atoms with Crippen molar-refractivity contribution in [3.05, 3.63) is 0 Å². The Morgan fingerprint density at radius 2 is 2.12 bits per heavy atom. The van der Waals surface area contributed by atoms with Gasteiger partial charge in [-0.15, -0.1) is 0 Å². The number of carbonyl (C=O) groups excluding carboxylic acids is 1. The van der Waals surface area contributed by atoms with E-state index in [1.807, 2.05) is 20.8 Å². The number of likely N-dealkylation sites (N-methyl/N-ethyl adjacent to an activating group) is 1. The molecule has 0 saturated carbocycles. The van der Waals surface area contributed by atoms with Crippen molar-refractivity contribution in [3.8, 4) is 0 Å². The van der Waals surface area contributed by atoms with Crippen LogP contribution in [0.2, 0.25) is 0 Å². The van der Waals surface area contributed by atoms with Crippen LogP contribution in [0, 0.1) is 0 Å². The van der Waals surface area contributed by atoms with E-state index in [-0.39, 0.29) is 11.6 Å². The molecular weight excluding hydrogens is 206 g/mol. The molecule has 1 aliphatic heterocycles. The lowest BCUT2D eigenvalue weighted by Crippen LogP contribution is -2.27. The zero-order chi connectivity index (χ0) is 12.2. The maximum atomic E-state index is 11.4. The SMILES string of the molecule is CN(CCCC(=O)OC(C)(C)C)C[C@H]1CO1. The fraction of sp³-hybridized carbons (Fsp3) is 0.917. The van der Waals surface area contributed by atoms with Crippen molar-refractivity contribution in [1.29, 1.82) is 0 Å². The normalized spacial score (nSPS) is 19.9. The van der Waals surface area contributed by atoms with Crippen LogP contribution in [0.15, 0.2) is 0 Å². The third kappa shape index (κ3) is 6.80. The lowest BCUT2D eigenvalue weighted by molar-refractivity contribution is -0.154. The first kappa shape index (κ1) is 13.5. The molecule has 0 amide bonds. The average molecular weight is 229 g/mol. The molecule has 0 radical (unpaired) electrons. The highest BCUT2D eigenvalue weighted by Crippen LogP contribution is 2.11. The number of nitrogens with zero attached hydrogens (tertiary/aromatic N) is 1. The van der Waals surface area contributed by atoms with E-state index in [1.165, 1.54) is 0 Å². The van der Waals surface area contributed by atoms with Crippen molar-refractivity contribution in [2.75, 3.05) is 26.7 Å². The van der Waals surface area contributed by atoms with E-state index in [9.17, 15) is 4.79 Å². The smallest absolute Gasteiger partial charge is 0.306 e. The van der Waals surface area contributed by atoms with Gasteiger partial charge in [0, 0.05) is 13.0 Å². The van der Waals surface area contributed by atoms with E-state index in [0.29, 0.717) is 12.5 Å². The van der Waals surface area contributed by atoms with Crippen molar-refractivity contribution >= 4 is 5.97 Å². The minimum absolute atomic E-state index is 0.108. The van der Waals surface area contributed by atoms with Gasteiger partial charge in [0.2, 0.25) is 0 Å². The number of rotatable bonds is 6. The maximum absolute atomic E-state index is 11.4. The summed E-state index contributed by atoms with van der Waals surface area (Å²) in [5.74, 6) is -0.108. The van der Waals surface area contributed by atoms with Crippen LogP contribution in [0.3, 0.4) is 0 Å². The first-order valence-electron chi connectivity index (χ1n) is 5.89. The van der Waals surface area contributed by atoms with E-state index in [2.05, 4.69) is 11.9 Å². The third-order valence-corrected chi connectivity index (χ3v) is 2.26. The zero-order valence-electron chi connectivity index (χ0n) is 10.8. The summed E-state index contributed by atoms with van der Waals surface area (Å²) < 4.78 is 10.4. The molecule has 1 heterocycles. The molecule has 0 aromatic carbocycles. The summed E-state index contributed by atoms with van der Waals surface area (Å²) in [5.41, 5.74) is -0.370. The van der Waals surface area contributed by atoms with Crippen LogP contribution in [-0.2, 0) is 14.3 Å². The molecule has 1 saturated heterocycles. The molecule has 4 nitrogen and oxygen atoms in total. The lowest BCUT2D eigenvalue weighted by Gasteiger charge is -2.20. The van der Waals surface area contributed by atoms with Crippen molar-refractivity contribution < 1.29 is 14.3 Å². The molecule has 0 aromatic rings. The van der Waals surface area contributed by atoms with Crippen LogP contribution >= 0.6 is 0 Å². The van der Waals surface area contributed by atoms with E-state index in [4.69, 9.17) is 9.47 Å². The second kappa shape index (κ2) is 5.64. The summed E-state index contributed by atoms with van der Waals surface area (Å²) in [6.07, 6.45) is 1.76. The number of hydrogen-bond donors (Lipinski definition) is 0. The Labute approximate surface area is 97.9 Å². The van der Waals surface area contributed by atoms with Crippen molar-refractivity contribution in [3.63, 3.8) is 0 Å². The Balaban J connectivity index is 2.02. The van der Waals surface area contributed by atoms with Gasteiger partial charge in [-0.1, -0.05) is 0 Å². The Morgan fingerprint density at radius 1 is 1.50 bits per heavy atom. The van der Waals surface area contributed by atoms with Crippen LogP contribution in [0.4, 0.5) is 0 Å². The van der Waals surface area contributed by atoms with Gasteiger partial charge in [-0.25, -0.2) is 0 Å². The molecule has 1 aliphatic rings. The van der Waals surface area contributed by atoms with Crippen molar-refractivity contribution in [2.45, 2.75) is 45.3 Å². The summed E-state index contributed by atoms with van der Waals surface area (Å²) in [5, 5.41) is 0. The molecule has 4 heteroatoms. The Kier molecular flexibility index (Phi) is 4.74. The van der Waals surface area contributed by atoms with Gasteiger partial charge < -0.3 is 14.4 Å².